The lowest BCUT2D eigenvalue weighted by Crippen LogP contribution is -2.43. The van der Waals surface area contributed by atoms with E-state index < -0.39 is 38.2 Å². The van der Waals surface area contributed by atoms with Gasteiger partial charge in [-0.3, -0.25) is 9.52 Å². The number of carbonyl (C=O) groups is 1. The van der Waals surface area contributed by atoms with Gasteiger partial charge in [-0.2, -0.15) is 4.31 Å². The highest BCUT2D eigenvalue weighted by atomic mass is 32.2. The number of anilines is 2. The maximum absolute atomic E-state index is 13.2. The number of esters is 1. The first-order valence-corrected chi connectivity index (χ1v) is 16.8. The number of nitrogens with one attached hydrogen (secondary N) is 2. The minimum atomic E-state index is -3.89. The van der Waals surface area contributed by atoms with E-state index >= 15 is 0 Å². The first-order valence-electron chi connectivity index (χ1n) is 13.5. The van der Waals surface area contributed by atoms with Crippen LogP contribution in [0.15, 0.2) is 47.4 Å². The largest absolute Gasteiger partial charge is 0.506 e. The van der Waals surface area contributed by atoms with E-state index in [4.69, 9.17) is 4.74 Å². The van der Waals surface area contributed by atoms with Crippen LogP contribution in [0.5, 0.6) is 5.75 Å². The molecular formula is C27H40N4O8S2. The van der Waals surface area contributed by atoms with Crippen molar-refractivity contribution in [2.24, 2.45) is 0 Å². The van der Waals surface area contributed by atoms with Gasteiger partial charge in [0.05, 0.1) is 29.5 Å². The minimum Gasteiger partial charge on any atom is -0.506 e. The van der Waals surface area contributed by atoms with Crippen molar-refractivity contribution in [3.63, 3.8) is 0 Å². The fourth-order valence-electron chi connectivity index (χ4n) is 4.62. The molecule has 12 nitrogen and oxygen atoms in total. The molecule has 0 amide bonds. The van der Waals surface area contributed by atoms with Crippen molar-refractivity contribution >= 4 is 37.4 Å². The molecule has 0 aliphatic carbocycles. The summed E-state index contributed by atoms with van der Waals surface area (Å²) in [6.45, 7) is 6.61. The van der Waals surface area contributed by atoms with Crippen LogP contribution in [0, 0.1) is 0 Å². The number of carbonyl (C=O) groups excluding carboxylic acids is 1. The predicted octanol–water partition coefficient (Wildman–Crippen LogP) is 2.02. The molecule has 14 heteroatoms. The van der Waals surface area contributed by atoms with Gasteiger partial charge in [0.15, 0.2) is 0 Å². The lowest BCUT2D eigenvalue weighted by atomic mass is 10.0. The zero-order valence-electron chi connectivity index (χ0n) is 23.8. The average Bonchev–Trinajstić information content (AvgIpc) is 2.91. The smallest absolute Gasteiger partial charge is 0.321 e. The van der Waals surface area contributed by atoms with Crippen LogP contribution in [0.25, 0.3) is 0 Å². The van der Waals surface area contributed by atoms with Crippen molar-refractivity contribution in [1.29, 1.82) is 0 Å². The van der Waals surface area contributed by atoms with E-state index in [0.717, 1.165) is 42.2 Å². The van der Waals surface area contributed by atoms with Crippen molar-refractivity contribution in [1.82, 2.24) is 9.62 Å². The number of rotatable bonds is 13. The van der Waals surface area contributed by atoms with Crippen LogP contribution in [0.4, 0.5) is 11.4 Å². The number of aliphatic hydroxyl groups is 1. The molecule has 0 radical (unpaired) electrons. The van der Waals surface area contributed by atoms with E-state index in [-0.39, 0.29) is 42.1 Å². The summed E-state index contributed by atoms with van der Waals surface area (Å²) in [5, 5.41) is 23.9. The third kappa shape index (κ3) is 9.04. The molecular weight excluding hydrogens is 572 g/mol. The lowest BCUT2D eigenvalue weighted by molar-refractivity contribution is -0.143. The van der Waals surface area contributed by atoms with Crippen LogP contribution >= 0.6 is 0 Å². The Labute approximate surface area is 242 Å². The fraction of sp³-hybridized carbons (Fsp3) is 0.519. The fourth-order valence-corrected chi connectivity index (χ4v) is 6.77. The second-order valence-electron chi connectivity index (χ2n) is 10.3. The highest BCUT2D eigenvalue weighted by molar-refractivity contribution is 7.92. The summed E-state index contributed by atoms with van der Waals surface area (Å²) < 4.78 is 57.7. The molecule has 3 rings (SSSR count). The summed E-state index contributed by atoms with van der Waals surface area (Å²) in [4.78, 5) is 14.2. The Bertz CT molecular complexity index is 1390. The van der Waals surface area contributed by atoms with E-state index in [0.29, 0.717) is 5.56 Å². The van der Waals surface area contributed by atoms with Crippen LogP contribution in [0.2, 0.25) is 0 Å². The monoisotopic (exact) mass is 612 g/mol. The Balaban J connectivity index is 1.55. The summed E-state index contributed by atoms with van der Waals surface area (Å²) in [7, 11) is -7.47. The van der Waals surface area contributed by atoms with Crippen LogP contribution in [-0.2, 0) is 29.6 Å². The molecule has 0 bridgehead atoms. The van der Waals surface area contributed by atoms with Gasteiger partial charge in [0.1, 0.15) is 12.3 Å². The van der Waals surface area contributed by atoms with E-state index in [1.807, 2.05) is 0 Å². The number of ether oxygens (including phenoxy) is 1. The van der Waals surface area contributed by atoms with E-state index in [2.05, 4.69) is 14.9 Å². The van der Waals surface area contributed by atoms with Crippen LogP contribution in [0.3, 0.4) is 0 Å². The number of nitrogens with zero attached hydrogens (tertiary/aromatic N) is 2. The van der Waals surface area contributed by atoms with Gasteiger partial charge in [-0.25, -0.2) is 16.8 Å². The second kappa shape index (κ2) is 13.8. The number of phenols is 1. The van der Waals surface area contributed by atoms with Gasteiger partial charge in [-0.1, -0.05) is 6.07 Å². The van der Waals surface area contributed by atoms with E-state index in [1.54, 1.807) is 51.1 Å². The van der Waals surface area contributed by atoms with Gasteiger partial charge in [0.25, 0.3) is 0 Å². The zero-order valence-corrected chi connectivity index (χ0v) is 25.4. The molecule has 1 saturated heterocycles. The molecule has 0 unspecified atom stereocenters. The zero-order chi connectivity index (χ0) is 30.4. The molecule has 1 heterocycles. The number of hydrogen-bond donors (Lipinski definition) is 4. The van der Waals surface area contributed by atoms with Gasteiger partial charge < -0.3 is 25.2 Å². The molecule has 1 fully saturated rings. The van der Waals surface area contributed by atoms with Crippen LogP contribution in [0.1, 0.15) is 45.3 Å². The Morgan fingerprint density at radius 1 is 1.10 bits per heavy atom. The highest BCUT2D eigenvalue weighted by Crippen LogP contribution is 2.28. The second-order valence-corrected chi connectivity index (χ2v) is 13.9. The number of piperidine rings is 1. The number of benzene rings is 2. The standard InChI is InChI=1S/C27H40N4O8S2/c1-5-39-27(34)18-31(19(2)3)41(37,38)23-9-7-22(8-10-23)30-14-12-21(13-15-30)28-17-26(33)20-6-11-25(32)24(16-20)29-40(4,35)36/h6-11,16,19,21,26,28-29,32-33H,5,12-15,17-18H2,1-4H3/t26-/m0/s1. The Morgan fingerprint density at radius 3 is 2.29 bits per heavy atom. The van der Waals surface area contributed by atoms with Gasteiger partial charge in [-0.15, -0.1) is 0 Å². The first kappa shape index (κ1) is 32.6. The molecule has 0 aromatic heterocycles. The lowest BCUT2D eigenvalue weighted by Gasteiger charge is -2.34. The highest BCUT2D eigenvalue weighted by Gasteiger charge is 2.30. The van der Waals surface area contributed by atoms with E-state index in [1.165, 1.54) is 12.1 Å². The number of aromatic hydroxyl groups is 1. The van der Waals surface area contributed by atoms with Gasteiger partial charge in [0, 0.05) is 37.4 Å². The molecule has 228 valence electrons. The van der Waals surface area contributed by atoms with Crippen molar-refractivity contribution in [3.8, 4) is 5.75 Å². The SMILES string of the molecule is CCOC(=O)CN(C(C)C)S(=O)(=O)c1ccc(N2CCC(NC[C@H](O)c3ccc(O)c(NS(C)(=O)=O)c3)CC2)cc1. The minimum absolute atomic E-state index is 0.00656. The molecule has 0 saturated carbocycles. The summed E-state index contributed by atoms with van der Waals surface area (Å²) in [5.41, 5.74) is 1.36. The molecule has 1 aliphatic rings. The maximum atomic E-state index is 13.2. The third-order valence-electron chi connectivity index (χ3n) is 6.77. The normalized spacial score (nSPS) is 15.7. The molecule has 2 aromatic carbocycles. The van der Waals surface area contributed by atoms with Crippen molar-refractivity contribution in [3.05, 3.63) is 48.0 Å². The molecule has 41 heavy (non-hydrogen) atoms. The molecule has 1 aliphatic heterocycles. The summed E-state index contributed by atoms with van der Waals surface area (Å²) in [6, 6.07) is 10.6. The Kier molecular flexibility index (Phi) is 11.0. The van der Waals surface area contributed by atoms with Crippen LogP contribution < -0.4 is 14.9 Å². The molecule has 4 N–H and O–H groups in total. The summed E-state index contributed by atoms with van der Waals surface area (Å²) >= 11 is 0. The average molecular weight is 613 g/mol. The molecule has 2 aromatic rings. The maximum Gasteiger partial charge on any atom is 0.321 e. The number of sulfonamides is 2. The topological polar surface area (TPSA) is 166 Å². The van der Waals surface area contributed by atoms with E-state index in [9.17, 15) is 31.8 Å². The summed E-state index contributed by atoms with van der Waals surface area (Å²) in [6.07, 6.45) is 1.67. The number of phenolic OH excluding ortho intramolecular Hbond substituents is 1. The van der Waals surface area contributed by atoms with Crippen molar-refractivity contribution in [2.75, 3.05) is 48.7 Å². The first-order chi connectivity index (χ1) is 19.2. The van der Waals surface area contributed by atoms with Crippen molar-refractivity contribution in [2.45, 2.75) is 56.7 Å². The number of hydrogen-bond acceptors (Lipinski definition) is 10. The number of aliphatic hydroxyl groups excluding tert-OH is 1. The van der Waals surface area contributed by atoms with Crippen molar-refractivity contribution < 1.29 is 36.6 Å². The van der Waals surface area contributed by atoms with Crippen LogP contribution in [-0.4, -0.2) is 88.4 Å². The van der Waals surface area contributed by atoms with Gasteiger partial charge in [-0.05, 0) is 75.6 Å². The van der Waals surface area contributed by atoms with Gasteiger partial charge >= 0.3 is 5.97 Å². The molecule has 0 spiro atoms. The molecule has 1 atom stereocenters. The quantitative estimate of drug-likeness (QED) is 0.194. The predicted molar refractivity (Wildman–Crippen MR) is 157 cm³/mol. The summed E-state index contributed by atoms with van der Waals surface area (Å²) in [5.74, 6) is -0.826. The third-order valence-corrected chi connectivity index (χ3v) is 9.40. The Hall–Kier alpha value is -2.91. The van der Waals surface area contributed by atoms with Gasteiger partial charge in [0.2, 0.25) is 20.0 Å². The Morgan fingerprint density at radius 2 is 1.73 bits per heavy atom.